The van der Waals surface area contributed by atoms with E-state index in [0.29, 0.717) is 10.7 Å². The predicted molar refractivity (Wildman–Crippen MR) is 90.1 cm³/mol. The fourth-order valence-electron chi connectivity index (χ4n) is 2.00. The lowest BCUT2D eigenvalue weighted by Crippen LogP contribution is -2.13. The van der Waals surface area contributed by atoms with Crippen molar-refractivity contribution in [3.05, 3.63) is 56.8 Å². The minimum atomic E-state index is -0.192. The number of carbonyl (C=O) groups excluding carboxylic acids is 1. The molecule has 110 valence electrons. The summed E-state index contributed by atoms with van der Waals surface area (Å²) in [4.78, 5) is 16.6. The molecular weight excluding hydrogens is 352 g/mol. The number of rotatable bonds is 4. The van der Waals surface area contributed by atoms with Crippen molar-refractivity contribution in [3.63, 3.8) is 0 Å². The van der Waals surface area contributed by atoms with Gasteiger partial charge in [-0.25, -0.2) is 4.98 Å². The number of hydrogen-bond acceptors (Lipinski definition) is 2. The second-order valence-electron chi connectivity index (χ2n) is 4.81. The second-order valence-corrected chi connectivity index (χ2v) is 5.99. The number of aromatic nitrogens is 1. The fourth-order valence-corrected chi connectivity index (χ4v) is 2.59. The first-order valence-electron chi connectivity index (χ1n) is 6.74. The monoisotopic (exact) mass is 366 g/mol. The number of anilines is 1. The predicted octanol–water partition coefficient (Wildman–Crippen LogP) is 5.01. The quantitative estimate of drug-likeness (QED) is 0.772. The van der Waals surface area contributed by atoms with Gasteiger partial charge in [-0.2, -0.15) is 0 Å². The van der Waals surface area contributed by atoms with Gasteiger partial charge in [-0.15, -0.1) is 0 Å². The SMILES string of the molecule is CCCc1cc(C(=O)Nc2cccc(C)c2Br)cc(Cl)n1. The molecule has 21 heavy (non-hydrogen) atoms. The van der Waals surface area contributed by atoms with Crippen LogP contribution in [0.3, 0.4) is 0 Å². The van der Waals surface area contributed by atoms with Gasteiger partial charge < -0.3 is 5.32 Å². The number of pyridine rings is 1. The zero-order valence-corrected chi connectivity index (χ0v) is 14.3. The molecule has 1 aromatic heterocycles. The maximum absolute atomic E-state index is 12.4. The Hall–Kier alpha value is -1.39. The highest BCUT2D eigenvalue weighted by Gasteiger charge is 2.11. The van der Waals surface area contributed by atoms with Crippen LogP contribution in [-0.2, 0) is 6.42 Å². The highest BCUT2D eigenvalue weighted by Crippen LogP contribution is 2.26. The third-order valence-electron chi connectivity index (χ3n) is 3.06. The minimum Gasteiger partial charge on any atom is -0.321 e. The maximum Gasteiger partial charge on any atom is 0.255 e. The second kappa shape index (κ2) is 7.05. The van der Waals surface area contributed by atoms with Crippen molar-refractivity contribution < 1.29 is 4.79 Å². The van der Waals surface area contributed by atoms with E-state index >= 15 is 0 Å². The van der Waals surface area contributed by atoms with E-state index in [1.165, 1.54) is 0 Å². The molecule has 0 bridgehead atoms. The van der Waals surface area contributed by atoms with Crippen LogP contribution in [0.25, 0.3) is 0 Å². The van der Waals surface area contributed by atoms with Crippen LogP contribution in [0, 0.1) is 6.92 Å². The number of benzene rings is 1. The third-order valence-corrected chi connectivity index (χ3v) is 4.30. The van der Waals surface area contributed by atoms with Crippen molar-refractivity contribution in [2.24, 2.45) is 0 Å². The molecule has 0 aliphatic carbocycles. The number of halogens is 2. The van der Waals surface area contributed by atoms with Crippen molar-refractivity contribution in [1.82, 2.24) is 4.98 Å². The first kappa shape index (κ1) is 16.0. The Morgan fingerprint density at radius 2 is 2.14 bits per heavy atom. The van der Waals surface area contributed by atoms with Crippen LogP contribution in [-0.4, -0.2) is 10.9 Å². The van der Waals surface area contributed by atoms with Crippen molar-refractivity contribution in [3.8, 4) is 0 Å². The van der Waals surface area contributed by atoms with Gasteiger partial charge in [0.1, 0.15) is 5.15 Å². The highest BCUT2D eigenvalue weighted by molar-refractivity contribution is 9.10. The van der Waals surface area contributed by atoms with Crippen LogP contribution in [0.15, 0.2) is 34.8 Å². The van der Waals surface area contributed by atoms with Gasteiger partial charge in [0.25, 0.3) is 5.91 Å². The van der Waals surface area contributed by atoms with E-state index in [1.54, 1.807) is 12.1 Å². The number of hydrogen-bond donors (Lipinski definition) is 1. The Kier molecular flexibility index (Phi) is 5.37. The molecule has 2 rings (SSSR count). The van der Waals surface area contributed by atoms with E-state index in [4.69, 9.17) is 11.6 Å². The standard InChI is InChI=1S/C16H16BrClN2O/c1-3-5-12-8-11(9-14(18)19-12)16(21)20-13-7-4-6-10(2)15(13)17/h4,6-9H,3,5H2,1-2H3,(H,20,21). The van der Waals surface area contributed by atoms with Crippen LogP contribution >= 0.6 is 27.5 Å². The number of aryl methyl sites for hydroxylation is 2. The van der Waals surface area contributed by atoms with Gasteiger partial charge in [-0.1, -0.05) is 37.1 Å². The molecule has 1 amide bonds. The molecule has 0 radical (unpaired) electrons. The molecule has 0 unspecified atom stereocenters. The third kappa shape index (κ3) is 4.05. The number of nitrogens with zero attached hydrogens (tertiary/aromatic N) is 1. The lowest BCUT2D eigenvalue weighted by Gasteiger charge is -2.10. The Morgan fingerprint density at radius 1 is 1.38 bits per heavy atom. The molecule has 0 atom stereocenters. The van der Waals surface area contributed by atoms with Gasteiger partial charge >= 0.3 is 0 Å². The summed E-state index contributed by atoms with van der Waals surface area (Å²) in [6, 6.07) is 9.10. The van der Waals surface area contributed by atoms with E-state index < -0.39 is 0 Å². The van der Waals surface area contributed by atoms with E-state index in [9.17, 15) is 4.79 Å². The smallest absolute Gasteiger partial charge is 0.255 e. The van der Waals surface area contributed by atoms with Crippen molar-refractivity contribution in [2.45, 2.75) is 26.7 Å². The van der Waals surface area contributed by atoms with E-state index in [2.05, 4.69) is 33.2 Å². The zero-order valence-electron chi connectivity index (χ0n) is 11.9. The average Bonchev–Trinajstić information content (AvgIpc) is 2.43. The molecule has 1 aromatic carbocycles. The zero-order chi connectivity index (χ0) is 15.4. The largest absolute Gasteiger partial charge is 0.321 e. The van der Waals surface area contributed by atoms with Crippen molar-refractivity contribution in [1.29, 1.82) is 0 Å². The van der Waals surface area contributed by atoms with E-state index in [-0.39, 0.29) is 5.91 Å². The summed E-state index contributed by atoms with van der Waals surface area (Å²) >= 11 is 9.47. The molecule has 1 N–H and O–H groups in total. The van der Waals surface area contributed by atoms with Crippen LogP contribution in [0.4, 0.5) is 5.69 Å². The van der Waals surface area contributed by atoms with Crippen LogP contribution in [0.5, 0.6) is 0 Å². The lowest BCUT2D eigenvalue weighted by molar-refractivity contribution is 0.102. The maximum atomic E-state index is 12.4. The summed E-state index contributed by atoms with van der Waals surface area (Å²) in [6.07, 6.45) is 1.76. The Balaban J connectivity index is 2.26. The summed E-state index contributed by atoms with van der Waals surface area (Å²) in [5.74, 6) is -0.192. The first-order chi connectivity index (χ1) is 10.0. The summed E-state index contributed by atoms with van der Waals surface area (Å²) in [6.45, 7) is 4.04. The average molecular weight is 368 g/mol. The van der Waals surface area contributed by atoms with Crippen molar-refractivity contribution in [2.75, 3.05) is 5.32 Å². The molecule has 0 aliphatic rings. The van der Waals surface area contributed by atoms with Gasteiger partial charge in [-0.05, 0) is 53.0 Å². The molecule has 0 spiro atoms. The molecule has 0 saturated heterocycles. The fraction of sp³-hybridized carbons (Fsp3) is 0.250. The molecule has 0 aliphatic heterocycles. The summed E-state index contributed by atoms with van der Waals surface area (Å²) in [5.41, 5.74) is 3.16. The van der Waals surface area contributed by atoms with Gasteiger partial charge in [-0.3, -0.25) is 4.79 Å². The van der Waals surface area contributed by atoms with Gasteiger partial charge in [0.05, 0.1) is 5.69 Å². The Labute approximate surface area is 137 Å². The molecular formula is C16H16BrClN2O. The molecule has 0 saturated carbocycles. The molecule has 0 fully saturated rings. The number of nitrogens with one attached hydrogen (secondary N) is 1. The van der Waals surface area contributed by atoms with Crippen molar-refractivity contribution >= 4 is 39.1 Å². The molecule has 1 heterocycles. The van der Waals surface area contributed by atoms with Gasteiger partial charge in [0.2, 0.25) is 0 Å². The number of amides is 1. The van der Waals surface area contributed by atoms with Gasteiger partial charge in [0, 0.05) is 15.7 Å². The molecule has 3 nitrogen and oxygen atoms in total. The molecule has 2 aromatic rings. The number of carbonyl (C=O) groups is 1. The van der Waals surface area contributed by atoms with Crippen LogP contribution in [0.1, 0.15) is 35.0 Å². The normalized spacial score (nSPS) is 10.5. The highest BCUT2D eigenvalue weighted by atomic mass is 79.9. The van der Waals surface area contributed by atoms with E-state index in [1.807, 2.05) is 25.1 Å². The van der Waals surface area contributed by atoms with E-state index in [0.717, 1.165) is 34.3 Å². The summed E-state index contributed by atoms with van der Waals surface area (Å²) in [5, 5.41) is 3.23. The van der Waals surface area contributed by atoms with Crippen LogP contribution in [0.2, 0.25) is 5.15 Å². The summed E-state index contributed by atoms with van der Waals surface area (Å²) in [7, 11) is 0. The molecule has 5 heteroatoms. The lowest BCUT2D eigenvalue weighted by atomic mass is 10.1. The Morgan fingerprint density at radius 3 is 2.86 bits per heavy atom. The minimum absolute atomic E-state index is 0.192. The topological polar surface area (TPSA) is 42.0 Å². The Bertz CT molecular complexity index is 673. The first-order valence-corrected chi connectivity index (χ1v) is 7.91. The van der Waals surface area contributed by atoms with Crippen LogP contribution < -0.4 is 5.32 Å². The van der Waals surface area contributed by atoms with Gasteiger partial charge in [0.15, 0.2) is 0 Å². The summed E-state index contributed by atoms with van der Waals surface area (Å²) < 4.78 is 0.882.